The zero-order valence-corrected chi connectivity index (χ0v) is 24.5. The van der Waals surface area contributed by atoms with E-state index in [4.69, 9.17) is 18.9 Å². The third-order valence-corrected chi connectivity index (χ3v) is 7.62. The van der Waals surface area contributed by atoms with E-state index in [1.807, 2.05) is 24.3 Å². The Morgan fingerprint density at radius 1 is 0.795 bits per heavy atom. The van der Waals surface area contributed by atoms with Crippen LogP contribution in [0.1, 0.15) is 120 Å². The van der Waals surface area contributed by atoms with Crippen LogP contribution in [0.2, 0.25) is 0 Å². The van der Waals surface area contributed by atoms with Gasteiger partial charge in [-0.2, -0.15) is 0 Å². The standard InChI is InChI=1S/C34H50O5/c1-4-6-7-8-9-10-11-12-13-14-15-28-25-37-34(38-26-28)30-18-16-29(17-19-30)33(35)39-32-22-20-31(21-23-32)36-24-27(3)5-2/h16-23,27-28,34H,4-15,24-26H2,1-3H3. The van der Waals surface area contributed by atoms with Gasteiger partial charge < -0.3 is 18.9 Å². The quantitative estimate of drug-likeness (QED) is 0.107. The molecule has 0 saturated carbocycles. The largest absolute Gasteiger partial charge is 0.493 e. The third kappa shape index (κ3) is 11.7. The van der Waals surface area contributed by atoms with Crippen molar-refractivity contribution in [2.24, 2.45) is 11.8 Å². The fourth-order valence-electron chi connectivity index (χ4n) is 4.73. The summed E-state index contributed by atoms with van der Waals surface area (Å²) in [5, 5.41) is 0. The fraction of sp³-hybridized carbons (Fsp3) is 0.618. The van der Waals surface area contributed by atoms with E-state index < -0.39 is 5.97 Å². The van der Waals surface area contributed by atoms with E-state index in [-0.39, 0.29) is 6.29 Å². The minimum atomic E-state index is -0.392. The molecule has 5 heteroatoms. The van der Waals surface area contributed by atoms with Gasteiger partial charge in [0.2, 0.25) is 0 Å². The van der Waals surface area contributed by atoms with Gasteiger partial charge in [-0.3, -0.25) is 0 Å². The molecule has 0 bridgehead atoms. The SMILES string of the molecule is CCCCCCCCCCCCC1COC(c2ccc(C(=O)Oc3ccc(OCC(C)CC)cc3)cc2)OC1. The first-order valence-electron chi connectivity index (χ1n) is 15.4. The highest BCUT2D eigenvalue weighted by Gasteiger charge is 2.23. The van der Waals surface area contributed by atoms with E-state index in [1.165, 1.54) is 70.6 Å². The average Bonchev–Trinajstić information content (AvgIpc) is 2.98. The third-order valence-electron chi connectivity index (χ3n) is 7.62. The summed E-state index contributed by atoms with van der Waals surface area (Å²) >= 11 is 0. The molecule has 1 aliphatic rings. The molecule has 0 aliphatic carbocycles. The number of carbonyl (C=O) groups excluding carboxylic acids is 1. The second-order valence-electron chi connectivity index (χ2n) is 11.1. The molecule has 0 radical (unpaired) electrons. The van der Waals surface area contributed by atoms with Crippen molar-refractivity contribution in [1.29, 1.82) is 0 Å². The van der Waals surface area contributed by atoms with Gasteiger partial charge in [0.15, 0.2) is 6.29 Å². The molecule has 1 fully saturated rings. The summed E-state index contributed by atoms with van der Waals surface area (Å²) in [6.45, 7) is 8.70. The van der Waals surface area contributed by atoms with Gasteiger partial charge in [-0.25, -0.2) is 4.79 Å². The number of ether oxygens (including phenoxy) is 4. The zero-order chi connectivity index (χ0) is 27.7. The molecular weight excluding hydrogens is 488 g/mol. The lowest BCUT2D eigenvalue weighted by atomic mass is 10.00. The lowest BCUT2D eigenvalue weighted by Crippen LogP contribution is -2.27. The van der Waals surface area contributed by atoms with Crippen molar-refractivity contribution in [3.05, 3.63) is 59.7 Å². The topological polar surface area (TPSA) is 54.0 Å². The number of unbranched alkanes of at least 4 members (excludes halogenated alkanes) is 9. The van der Waals surface area contributed by atoms with Crippen molar-refractivity contribution < 1.29 is 23.7 Å². The Morgan fingerprint density at radius 3 is 1.95 bits per heavy atom. The van der Waals surface area contributed by atoms with Crippen LogP contribution in [-0.2, 0) is 9.47 Å². The predicted molar refractivity (Wildman–Crippen MR) is 157 cm³/mol. The Balaban J connectivity index is 1.31. The minimum Gasteiger partial charge on any atom is -0.493 e. The molecule has 1 atom stereocenters. The van der Waals surface area contributed by atoms with Crippen LogP contribution in [0.5, 0.6) is 11.5 Å². The maximum Gasteiger partial charge on any atom is 0.343 e. The number of carbonyl (C=O) groups is 1. The molecule has 1 heterocycles. The van der Waals surface area contributed by atoms with Crippen molar-refractivity contribution in [3.8, 4) is 11.5 Å². The molecule has 2 aromatic rings. The van der Waals surface area contributed by atoms with Crippen molar-refractivity contribution in [2.45, 2.75) is 104 Å². The summed E-state index contributed by atoms with van der Waals surface area (Å²) in [5.74, 6) is 1.85. The number of esters is 1. The first kappa shape index (κ1) is 31.2. The van der Waals surface area contributed by atoms with Gasteiger partial charge in [-0.05, 0) is 48.7 Å². The van der Waals surface area contributed by atoms with E-state index in [9.17, 15) is 4.79 Å². The van der Waals surface area contributed by atoms with Gasteiger partial charge in [0.05, 0.1) is 25.4 Å². The van der Waals surface area contributed by atoms with Crippen LogP contribution >= 0.6 is 0 Å². The number of hydrogen-bond donors (Lipinski definition) is 0. The molecule has 3 rings (SSSR count). The molecule has 216 valence electrons. The number of benzene rings is 2. The molecule has 1 aliphatic heterocycles. The van der Waals surface area contributed by atoms with Gasteiger partial charge in [-0.15, -0.1) is 0 Å². The van der Waals surface area contributed by atoms with Crippen LogP contribution in [0.15, 0.2) is 48.5 Å². The summed E-state index contributed by atoms with van der Waals surface area (Å²) in [6.07, 6.45) is 15.4. The highest BCUT2D eigenvalue weighted by molar-refractivity contribution is 5.91. The maximum absolute atomic E-state index is 12.6. The van der Waals surface area contributed by atoms with Gasteiger partial charge >= 0.3 is 5.97 Å². The molecule has 0 spiro atoms. The fourth-order valence-corrected chi connectivity index (χ4v) is 4.73. The first-order chi connectivity index (χ1) is 19.1. The van der Waals surface area contributed by atoms with Crippen molar-refractivity contribution in [1.82, 2.24) is 0 Å². The number of rotatable bonds is 18. The Kier molecular flexibility index (Phi) is 14.4. The highest BCUT2D eigenvalue weighted by Crippen LogP contribution is 2.28. The molecule has 1 saturated heterocycles. The Labute approximate surface area is 236 Å². The second-order valence-corrected chi connectivity index (χ2v) is 11.1. The monoisotopic (exact) mass is 538 g/mol. The Morgan fingerprint density at radius 2 is 1.36 bits per heavy atom. The summed E-state index contributed by atoms with van der Waals surface area (Å²) in [6, 6.07) is 14.5. The van der Waals surface area contributed by atoms with Crippen LogP contribution in [0.3, 0.4) is 0 Å². The highest BCUT2D eigenvalue weighted by atomic mass is 16.7. The lowest BCUT2D eigenvalue weighted by molar-refractivity contribution is -0.206. The Bertz CT molecular complexity index is 916. The summed E-state index contributed by atoms with van der Waals surface area (Å²) in [5.41, 5.74) is 1.41. The molecule has 5 nitrogen and oxygen atoms in total. The molecule has 0 aromatic heterocycles. The normalized spacial score (nSPS) is 18.0. The predicted octanol–water partition coefficient (Wildman–Crippen LogP) is 9.30. The van der Waals surface area contributed by atoms with Crippen LogP contribution < -0.4 is 9.47 Å². The molecular formula is C34H50O5. The second kappa shape index (κ2) is 18.1. The smallest absolute Gasteiger partial charge is 0.343 e. The molecule has 1 unspecified atom stereocenters. The summed E-state index contributed by atoms with van der Waals surface area (Å²) in [7, 11) is 0. The van der Waals surface area contributed by atoms with Gasteiger partial charge in [0, 0.05) is 11.5 Å². The van der Waals surface area contributed by atoms with E-state index in [2.05, 4.69) is 20.8 Å². The summed E-state index contributed by atoms with van der Waals surface area (Å²) in [4.78, 5) is 12.6. The minimum absolute atomic E-state index is 0.373. The van der Waals surface area contributed by atoms with Crippen molar-refractivity contribution >= 4 is 5.97 Å². The van der Waals surface area contributed by atoms with Crippen LogP contribution in [0, 0.1) is 11.8 Å². The molecule has 39 heavy (non-hydrogen) atoms. The van der Waals surface area contributed by atoms with E-state index in [0.29, 0.717) is 29.8 Å². The number of hydrogen-bond acceptors (Lipinski definition) is 5. The average molecular weight is 539 g/mol. The lowest BCUT2D eigenvalue weighted by Gasteiger charge is -2.29. The Hall–Kier alpha value is -2.37. The maximum atomic E-state index is 12.6. The molecule has 0 amide bonds. The van der Waals surface area contributed by atoms with E-state index in [1.54, 1.807) is 24.3 Å². The summed E-state index contributed by atoms with van der Waals surface area (Å²) < 4.78 is 23.3. The van der Waals surface area contributed by atoms with Crippen LogP contribution in [-0.4, -0.2) is 25.8 Å². The van der Waals surface area contributed by atoms with E-state index in [0.717, 1.165) is 30.9 Å². The van der Waals surface area contributed by atoms with Crippen LogP contribution in [0.4, 0.5) is 0 Å². The van der Waals surface area contributed by atoms with Crippen molar-refractivity contribution in [3.63, 3.8) is 0 Å². The molecule has 0 N–H and O–H groups in total. The van der Waals surface area contributed by atoms with Crippen molar-refractivity contribution in [2.75, 3.05) is 19.8 Å². The van der Waals surface area contributed by atoms with Gasteiger partial charge in [-0.1, -0.05) is 104 Å². The zero-order valence-electron chi connectivity index (χ0n) is 24.5. The van der Waals surface area contributed by atoms with Gasteiger partial charge in [0.25, 0.3) is 0 Å². The molecule has 2 aromatic carbocycles. The first-order valence-corrected chi connectivity index (χ1v) is 15.4. The van der Waals surface area contributed by atoms with Crippen LogP contribution in [0.25, 0.3) is 0 Å². The van der Waals surface area contributed by atoms with E-state index >= 15 is 0 Å². The van der Waals surface area contributed by atoms with Gasteiger partial charge in [0.1, 0.15) is 11.5 Å².